The van der Waals surface area contributed by atoms with Crippen molar-refractivity contribution in [1.29, 1.82) is 0 Å². The van der Waals surface area contributed by atoms with E-state index >= 15 is 0 Å². The van der Waals surface area contributed by atoms with E-state index in [1.807, 2.05) is 24.7 Å². The number of ether oxygens (including phenoxy) is 1. The highest BCUT2D eigenvalue weighted by Crippen LogP contribution is 2.26. The van der Waals surface area contributed by atoms with Gasteiger partial charge in [-0.25, -0.2) is 4.98 Å². The first kappa shape index (κ1) is 12.3. The van der Waals surface area contributed by atoms with Gasteiger partial charge in [0.15, 0.2) is 5.78 Å². The first-order valence-corrected chi connectivity index (χ1v) is 6.25. The van der Waals surface area contributed by atoms with Gasteiger partial charge in [0.25, 0.3) is 0 Å². The molecule has 0 aliphatic carbocycles. The van der Waals surface area contributed by atoms with Crippen molar-refractivity contribution in [1.82, 2.24) is 9.55 Å². The van der Waals surface area contributed by atoms with Crippen LogP contribution in [0.3, 0.4) is 0 Å². The summed E-state index contributed by atoms with van der Waals surface area (Å²) in [6.07, 6.45) is 7.89. The quantitative estimate of drug-likeness (QED) is 0.801. The molecule has 0 bridgehead atoms. The van der Waals surface area contributed by atoms with E-state index in [1.165, 1.54) is 0 Å². The average molecular weight is 236 g/mol. The minimum Gasteiger partial charge on any atom is -0.368 e. The molecule has 1 fully saturated rings. The maximum Gasteiger partial charge on any atom is 0.164 e. The predicted octanol–water partition coefficient (Wildman–Crippen LogP) is 1.88. The fraction of sp³-hybridized carbons (Fsp3) is 0.692. The van der Waals surface area contributed by atoms with Crippen LogP contribution in [0.1, 0.15) is 38.4 Å². The van der Waals surface area contributed by atoms with E-state index in [0.29, 0.717) is 19.4 Å². The van der Waals surface area contributed by atoms with E-state index in [2.05, 4.69) is 4.98 Å². The molecule has 4 nitrogen and oxygen atoms in total. The van der Waals surface area contributed by atoms with E-state index in [4.69, 9.17) is 4.74 Å². The molecule has 1 unspecified atom stereocenters. The predicted molar refractivity (Wildman–Crippen MR) is 64.7 cm³/mol. The first-order valence-electron chi connectivity index (χ1n) is 6.25. The molecule has 1 saturated heterocycles. The van der Waals surface area contributed by atoms with Gasteiger partial charge in [-0.15, -0.1) is 0 Å². The molecule has 1 aliphatic heterocycles. The maximum atomic E-state index is 12.2. The van der Waals surface area contributed by atoms with Gasteiger partial charge in [0.2, 0.25) is 0 Å². The van der Waals surface area contributed by atoms with E-state index in [0.717, 1.165) is 25.1 Å². The van der Waals surface area contributed by atoms with Crippen molar-refractivity contribution < 1.29 is 9.53 Å². The van der Waals surface area contributed by atoms with Crippen LogP contribution in [0.15, 0.2) is 12.4 Å². The van der Waals surface area contributed by atoms with Crippen molar-refractivity contribution >= 4 is 5.78 Å². The fourth-order valence-corrected chi connectivity index (χ4v) is 2.28. The van der Waals surface area contributed by atoms with Crippen LogP contribution in [0.2, 0.25) is 0 Å². The topological polar surface area (TPSA) is 44.1 Å². The third-order valence-electron chi connectivity index (χ3n) is 3.56. The lowest BCUT2D eigenvalue weighted by atomic mass is 9.89. The summed E-state index contributed by atoms with van der Waals surface area (Å²) in [5, 5.41) is 0. The third-order valence-corrected chi connectivity index (χ3v) is 3.56. The van der Waals surface area contributed by atoms with Gasteiger partial charge in [0.1, 0.15) is 11.4 Å². The Balaban J connectivity index is 1.91. The number of nitrogens with zero attached hydrogens (tertiary/aromatic N) is 2. The molecule has 94 valence electrons. The fourth-order valence-electron chi connectivity index (χ4n) is 2.28. The van der Waals surface area contributed by atoms with Crippen LogP contribution in [0.4, 0.5) is 0 Å². The Morgan fingerprint density at radius 1 is 1.59 bits per heavy atom. The Labute approximate surface area is 102 Å². The highest BCUT2D eigenvalue weighted by atomic mass is 16.5. The Bertz CT molecular complexity index is 392. The smallest absolute Gasteiger partial charge is 0.164 e. The molecule has 17 heavy (non-hydrogen) atoms. The van der Waals surface area contributed by atoms with Crippen LogP contribution in [0.25, 0.3) is 0 Å². The number of aryl methyl sites for hydroxylation is 2. The zero-order valence-corrected chi connectivity index (χ0v) is 10.6. The summed E-state index contributed by atoms with van der Waals surface area (Å²) in [7, 11) is 1.95. The summed E-state index contributed by atoms with van der Waals surface area (Å²) in [4.78, 5) is 16.4. The second-order valence-electron chi connectivity index (χ2n) is 4.91. The zero-order valence-electron chi connectivity index (χ0n) is 10.6. The van der Waals surface area contributed by atoms with E-state index in [9.17, 15) is 4.79 Å². The Hall–Kier alpha value is -1.16. The number of aromatic nitrogens is 2. The summed E-state index contributed by atoms with van der Waals surface area (Å²) in [6, 6.07) is 0. The average Bonchev–Trinajstić information content (AvgIpc) is 2.73. The van der Waals surface area contributed by atoms with Gasteiger partial charge in [-0.2, -0.15) is 0 Å². The number of hydrogen-bond acceptors (Lipinski definition) is 3. The molecule has 2 rings (SSSR count). The lowest BCUT2D eigenvalue weighted by Gasteiger charge is -2.32. The van der Waals surface area contributed by atoms with E-state index < -0.39 is 5.60 Å². The van der Waals surface area contributed by atoms with Gasteiger partial charge in [0, 0.05) is 38.9 Å². The number of imidazole rings is 1. The summed E-state index contributed by atoms with van der Waals surface area (Å²) in [5.74, 6) is 1.16. The molecule has 1 aliphatic rings. The molecule has 1 atom stereocenters. The van der Waals surface area contributed by atoms with Gasteiger partial charge in [-0.05, 0) is 26.2 Å². The number of carbonyl (C=O) groups is 1. The van der Waals surface area contributed by atoms with Crippen molar-refractivity contribution in [3.05, 3.63) is 18.2 Å². The van der Waals surface area contributed by atoms with E-state index in [-0.39, 0.29) is 5.78 Å². The van der Waals surface area contributed by atoms with Crippen molar-refractivity contribution in [2.45, 2.75) is 44.6 Å². The van der Waals surface area contributed by atoms with Crippen LogP contribution >= 0.6 is 0 Å². The molecule has 0 N–H and O–H groups in total. The lowest BCUT2D eigenvalue weighted by molar-refractivity contribution is -0.148. The molecule has 1 aromatic rings. The van der Waals surface area contributed by atoms with Crippen molar-refractivity contribution in [3.63, 3.8) is 0 Å². The highest BCUT2D eigenvalue weighted by Gasteiger charge is 2.35. The minimum atomic E-state index is -0.552. The van der Waals surface area contributed by atoms with Gasteiger partial charge < -0.3 is 9.30 Å². The molecule has 2 heterocycles. The normalized spacial score (nSPS) is 24.8. The SMILES string of the molecule is Cn1ccnc1CCC(=O)C1(C)CCCCO1. The largest absolute Gasteiger partial charge is 0.368 e. The van der Waals surface area contributed by atoms with Crippen molar-refractivity contribution in [2.75, 3.05) is 6.61 Å². The van der Waals surface area contributed by atoms with Crippen LogP contribution in [-0.2, 0) is 23.0 Å². The second kappa shape index (κ2) is 5.00. The van der Waals surface area contributed by atoms with Crippen molar-refractivity contribution in [3.8, 4) is 0 Å². The van der Waals surface area contributed by atoms with Gasteiger partial charge in [0.05, 0.1) is 0 Å². The first-order chi connectivity index (χ1) is 8.12. The van der Waals surface area contributed by atoms with Crippen LogP contribution in [-0.4, -0.2) is 27.5 Å². The highest BCUT2D eigenvalue weighted by molar-refractivity contribution is 5.87. The minimum absolute atomic E-state index is 0.209. The van der Waals surface area contributed by atoms with Crippen LogP contribution < -0.4 is 0 Å². The molecular formula is C13H20N2O2. The van der Waals surface area contributed by atoms with Crippen molar-refractivity contribution in [2.24, 2.45) is 7.05 Å². The molecule has 4 heteroatoms. The number of hydrogen-bond donors (Lipinski definition) is 0. The molecule has 1 aromatic heterocycles. The molecule has 0 aromatic carbocycles. The summed E-state index contributed by atoms with van der Waals surface area (Å²) < 4.78 is 7.61. The summed E-state index contributed by atoms with van der Waals surface area (Å²) in [6.45, 7) is 2.64. The van der Waals surface area contributed by atoms with Crippen LogP contribution in [0, 0.1) is 0 Å². The lowest BCUT2D eigenvalue weighted by Crippen LogP contribution is -2.41. The Morgan fingerprint density at radius 3 is 3.00 bits per heavy atom. The number of ketones is 1. The molecular weight excluding hydrogens is 216 g/mol. The zero-order chi connectivity index (χ0) is 12.3. The standard InChI is InChI=1S/C13H20N2O2/c1-13(7-3-4-10-17-13)11(16)5-6-12-14-8-9-15(12)2/h8-9H,3-7,10H2,1-2H3. The molecule has 0 radical (unpaired) electrons. The van der Waals surface area contributed by atoms with Crippen LogP contribution in [0.5, 0.6) is 0 Å². The monoisotopic (exact) mass is 236 g/mol. The number of Topliss-reactive ketones (excluding diaryl/α,β-unsaturated/α-hetero) is 1. The molecule has 0 saturated carbocycles. The Kier molecular flexibility index (Phi) is 3.62. The van der Waals surface area contributed by atoms with Gasteiger partial charge >= 0.3 is 0 Å². The Morgan fingerprint density at radius 2 is 2.41 bits per heavy atom. The summed E-state index contributed by atoms with van der Waals surface area (Å²) >= 11 is 0. The summed E-state index contributed by atoms with van der Waals surface area (Å²) in [5.41, 5.74) is -0.552. The number of carbonyl (C=O) groups excluding carboxylic acids is 1. The van der Waals surface area contributed by atoms with E-state index in [1.54, 1.807) is 6.20 Å². The maximum absolute atomic E-state index is 12.2. The van der Waals surface area contributed by atoms with Gasteiger partial charge in [-0.3, -0.25) is 4.79 Å². The number of rotatable bonds is 4. The molecule has 0 amide bonds. The third kappa shape index (κ3) is 2.75. The van der Waals surface area contributed by atoms with Gasteiger partial charge in [-0.1, -0.05) is 0 Å². The second-order valence-corrected chi connectivity index (χ2v) is 4.91. The molecule has 0 spiro atoms.